The predicted molar refractivity (Wildman–Crippen MR) is 77.8 cm³/mol. The lowest BCUT2D eigenvalue weighted by molar-refractivity contribution is 0.0880. The first-order valence-electron chi connectivity index (χ1n) is 6.03. The van der Waals surface area contributed by atoms with Gasteiger partial charge in [0.2, 0.25) is 0 Å². The van der Waals surface area contributed by atoms with Crippen molar-refractivity contribution in [1.82, 2.24) is 5.32 Å². The quantitative estimate of drug-likeness (QED) is 0.625. The van der Waals surface area contributed by atoms with Crippen LogP contribution >= 0.6 is 11.6 Å². The van der Waals surface area contributed by atoms with Crippen molar-refractivity contribution in [3.05, 3.63) is 52.0 Å². The molecule has 3 rings (SSSR count). The third-order valence-corrected chi connectivity index (χ3v) is 3.69. The minimum Gasteiger partial charge on any atom is -0.399 e. The average molecular weight is 287 g/mol. The maximum atomic E-state index is 12.0. The number of hydrogen-bond donors (Lipinski definition) is 2. The van der Waals surface area contributed by atoms with E-state index < -0.39 is 11.8 Å². The number of hydrogen-bond acceptors (Lipinski definition) is 3. The van der Waals surface area contributed by atoms with Crippen molar-refractivity contribution in [1.29, 1.82) is 0 Å². The van der Waals surface area contributed by atoms with E-state index >= 15 is 0 Å². The number of fused-ring (bicyclic) bond motifs is 1. The summed E-state index contributed by atoms with van der Waals surface area (Å²) in [4.78, 5) is 23.7. The molecule has 0 fully saturated rings. The highest BCUT2D eigenvalue weighted by Gasteiger charge is 2.31. The van der Waals surface area contributed by atoms with Crippen LogP contribution in [0.1, 0.15) is 26.3 Å². The zero-order chi connectivity index (χ0) is 14.4. The van der Waals surface area contributed by atoms with Crippen molar-refractivity contribution in [2.75, 3.05) is 5.73 Å². The summed E-state index contributed by atoms with van der Waals surface area (Å²) < 4.78 is 0. The lowest BCUT2D eigenvalue weighted by atomic mass is 9.93. The highest BCUT2D eigenvalue weighted by molar-refractivity contribution is 6.36. The lowest BCUT2D eigenvalue weighted by Gasteiger charge is -2.12. The number of amides is 2. The second kappa shape index (κ2) is 4.35. The summed E-state index contributed by atoms with van der Waals surface area (Å²) in [6.45, 7) is 1.89. The summed E-state index contributed by atoms with van der Waals surface area (Å²) in [6, 6.07) is 8.55. The molecule has 0 unspecified atom stereocenters. The first-order chi connectivity index (χ1) is 9.49. The topological polar surface area (TPSA) is 72.2 Å². The van der Waals surface area contributed by atoms with Crippen LogP contribution in [0.5, 0.6) is 0 Å². The molecule has 0 bridgehead atoms. The first-order valence-corrected chi connectivity index (χ1v) is 6.41. The van der Waals surface area contributed by atoms with Gasteiger partial charge in [0.05, 0.1) is 11.1 Å². The van der Waals surface area contributed by atoms with E-state index in [0.29, 0.717) is 27.4 Å². The van der Waals surface area contributed by atoms with Gasteiger partial charge in [-0.3, -0.25) is 14.9 Å². The Hall–Kier alpha value is -2.33. The highest BCUT2D eigenvalue weighted by Crippen LogP contribution is 2.37. The van der Waals surface area contributed by atoms with Gasteiger partial charge in [0.1, 0.15) is 0 Å². The average Bonchev–Trinajstić information content (AvgIpc) is 2.66. The molecule has 0 saturated carbocycles. The van der Waals surface area contributed by atoms with Crippen LogP contribution in [0.25, 0.3) is 11.1 Å². The minimum absolute atomic E-state index is 0.329. The SMILES string of the molecule is Cc1cc(N)ccc1-c1c(Cl)ccc2c1C(=O)NC2=O. The van der Waals surface area contributed by atoms with Crippen molar-refractivity contribution in [3.8, 4) is 11.1 Å². The van der Waals surface area contributed by atoms with E-state index in [1.54, 1.807) is 24.3 Å². The van der Waals surface area contributed by atoms with Gasteiger partial charge in [0.15, 0.2) is 0 Å². The molecule has 3 N–H and O–H groups in total. The smallest absolute Gasteiger partial charge is 0.259 e. The van der Waals surface area contributed by atoms with Gasteiger partial charge >= 0.3 is 0 Å². The van der Waals surface area contributed by atoms with Crippen molar-refractivity contribution in [2.45, 2.75) is 6.92 Å². The van der Waals surface area contributed by atoms with Crippen molar-refractivity contribution in [3.63, 3.8) is 0 Å². The van der Waals surface area contributed by atoms with E-state index in [0.717, 1.165) is 11.1 Å². The van der Waals surface area contributed by atoms with Crippen LogP contribution < -0.4 is 11.1 Å². The number of halogens is 1. The van der Waals surface area contributed by atoms with E-state index in [1.165, 1.54) is 0 Å². The molecule has 0 atom stereocenters. The van der Waals surface area contributed by atoms with E-state index in [2.05, 4.69) is 5.32 Å². The van der Waals surface area contributed by atoms with E-state index in [1.807, 2.05) is 13.0 Å². The molecule has 1 heterocycles. The molecule has 0 aromatic heterocycles. The van der Waals surface area contributed by atoms with Gasteiger partial charge < -0.3 is 5.73 Å². The zero-order valence-corrected chi connectivity index (χ0v) is 11.4. The summed E-state index contributed by atoms with van der Waals surface area (Å²) in [7, 11) is 0. The third-order valence-electron chi connectivity index (χ3n) is 3.37. The molecule has 1 aliphatic heterocycles. The van der Waals surface area contributed by atoms with Gasteiger partial charge in [-0.05, 0) is 42.3 Å². The Kier molecular flexibility index (Phi) is 2.76. The molecule has 2 amide bonds. The van der Waals surface area contributed by atoms with Gasteiger partial charge in [0.25, 0.3) is 11.8 Å². The second-order valence-corrected chi connectivity index (χ2v) is 5.11. The molecule has 0 spiro atoms. The monoisotopic (exact) mass is 286 g/mol. The summed E-state index contributed by atoms with van der Waals surface area (Å²) >= 11 is 6.24. The molecule has 20 heavy (non-hydrogen) atoms. The number of carbonyl (C=O) groups is 2. The van der Waals surface area contributed by atoms with E-state index in [-0.39, 0.29) is 0 Å². The molecule has 0 aliphatic carbocycles. The molecule has 1 aliphatic rings. The summed E-state index contributed by atoms with van der Waals surface area (Å²) in [5, 5.41) is 2.72. The number of nitrogen functional groups attached to an aromatic ring is 1. The molecule has 100 valence electrons. The van der Waals surface area contributed by atoms with Crippen molar-refractivity contribution < 1.29 is 9.59 Å². The first kappa shape index (κ1) is 12.7. The van der Waals surface area contributed by atoms with Gasteiger partial charge in [-0.25, -0.2) is 0 Å². The lowest BCUT2D eigenvalue weighted by Crippen LogP contribution is -2.20. The van der Waals surface area contributed by atoms with Crippen molar-refractivity contribution in [2.24, 2.45) is 0 Å². The normalized spacial score (nSPS) is 13.3. The molecule has 2 aromatic rings. The molecule has 4 nitrogen and oxygen atoms in total. The van der Waals surface area contributed by atoms with Crippen LogP contribution in [0, 0.1) is 6.92 Å². The summed E-state index contributed by atoms with van der Waals surface area (Å²) in [6.07, 6.45) is 0. The number of benzene rings is 2. The number of aryl methyl sites for hydroxylation is 1. The van der Waals surface area contributed by atoms with E-state index in [9.17, 15) is 9.59 Å². The molecule has 0 radical (unpaired) electrons. The Balaban J connectivity index is 2.35. The van der Waals surface area contributed by atoms with Crippen LogP contribution in [0.4, 0.5) is 5.69 Å². The van der Waals surface area contributed by atoms with Crippen LogP contribution in [-0.4, -0.2) is 11.8 Å². The summed E-state index contributed by atoms with van der Waals surface area (Å²) in [5.41, 5.74) is 9.32. The fourth-order valence-corrected chi connectivity index (χ4v) is 2.73. The Morgan fingerprint density at radius 3 is 2.40 bits per heavy atom. The predicted octanol–water partition coefficient (Wildman–Crippen LogP) is 2.78. The van der Waals surface area contributed by atoms with Crippen LogP contribution in [0.15, 0.2) is 30.3 Å². The van der Waals surface area contributed by atoms with Gasteiger partial charge in [-0.2, -0.15) is 0 Å². The van der Waals surface area contributed by atoms with Gasteiger partial charge in [0, 0.05) is 16.3 Å². The maximum Gasteiger partial charge on any atom is 0.259 e. The van der Waals surface area contributed by atoms with Crippen molar-refractivity contribution >= 4 is 29.1 Å². The number of rotatable bonds is 1. The molecule has 2 aromatic carbocycles. The fourth-order valence-electron chi connectivity index (χ4n) is 2.47. The Morgan fingerprint density at radius 1 is 1.00 bits per heavy atom. The van der Waals surface area contributed by atoms with Crippen LogP contribution in [0.2, 0.25) is 5.02 Å². The fraction of sp³-hybridized carbons (Fsp3) is 0.0667. The molecule has 0 saturated heterocycles. The molecular formula is C15H11ClN2O2. The number of nitrogens with two attached hydrogens (primary N) is 1. The number of carbonyl (C=O) groups excluding carboxylic acids is 2. The van der Waals surface area contributed by atoms with Crippen LogP contribution in [0.3, 0.4) is 0 Å². The standard InChI is InChI=1S/C15H11ClN2O2/c1-7-6-8(17)2-3-9(7)12-11(16)5-4-10-13(12)15(20)18-14(10)19/h2-6H,17H2,1H3,(H,18,19,20). The third kappa shape index (κ3) is 1.77. The minimum atomic E-state index is -0.418. The Morgan fingerprint density at radius 2 is 1.70 bits per heavy atom. The largest absolute Gasteiger partial charge is 0.399 e. The zero-order valence-electron chi connectivity index (χ0n) is 10.7. The molecular weight excluding hydrogens is 276 g/mol. The van der Waals surface area contributed by atoms with E-state index in [4.69, 9.17) is 17.3 Å². The Bertz CT molecular complexity index is 769. The number of anilines is 1. The number of nitrogens with one attached hydrogen (secondary N) is 1. The highest BCUT2D eigenvalue weighted by atomic mass is 35.5. The Labute approximate surface area is 120 Å². The second-order valence-electron chi connectivity index (χ2n) is 4.70. The maximum absolute atomic E-state index is 12.0. The summed E-state index contributed by atoms with van der Waals surface area (Å²) in [5.74, 6) is -0.810. The van der Waals surface area contributed by atoms with Gasteiger partial charge in [-0.1, -0.05) is 17.7 Å². The molecule has 5 heteroatoms. The van der Waals surface area contributed by atoms with Gasteiger partial charge in [-0.15, -0.1) is 0 Å². The number of imide groups is 1. The van der Waals surface area contributed by atoms with Crippen LogP contribution in [-0.2, 0) is 0 Å².